The van der Waals surface area contributed by atoms with E-state index in [-0.39, 0.29) is 12.0 Å². The zero-order valence-corrected chi connectivity index (χ0v) is 22.0. The van der Waals surface area contributed by atoms with Crippen LogP contribution < -0.4 is 9.47 Å². The van der Waals surface area contributed by atoms with E-state index in [0.717, 1.165) is 48.1 Å². The SMILES string of the molecule is Cc1onc(-c2ccccc2)c1C(=O)N1CCOc2c(cc(-c3cccnc3)cc2OC[C@@H]2CCCCO2)C1. The van der Waals surface area contributed by atoms with Crippen LogP contribution in [0.1, 0.15) is 40.9 Å². The first kappa shape index (κ1) is 25.1. The second-order valence-corrected chi connectivity index (χ2v) is 9.91. The van der Waals surface area contributed by atoms with Crippen LogP contribution in [0, 0.1) is 6.92 Å². The Morgan fingerprint density at radius 3 is 2.72 bits per heavy atom. The van der Waals surface area contributed by atoms with Crippen molar-refractivity contribution in [2.75, 3.05) is 26.4 Å². The fourth-order valence-corrected chi connectivity index (χ4v) is 5.16. The summed E-state index contributed by atoms with van der Waals surface area (Å²) in [5, 5.41) is 4.21. The monoisotopic (exact) mass is 525 g/mol. The first-order valence-electron chi connectivity index (χ1n) is 13.4. The summed E-state index contributed by atoms with van der Waals surface area (Å²) in [5.41, 5.74) is 4.64. The Morgan fingerprint density at radius 2 is 1.92 bits per heavy atom. The van der Waals surface area contributed by atoms with Crippen molar-refractivity contribution in [1.82, 2.24) is 15.0 Å². The Morgan fingerprint density at radius 1 is 1.05 bits per heavy atom. The van der Waals surface area contributed by atoms with Gasteiger partial charge in [0.2, 0.25) is 0 Å². The predicted octanol–water partition coefficient (Wildman–Crippen LogP) is 5.69. The molecular formula is C31H31N3O5. The zero-order valence-electron chi connectivity index (χ0n) is 22.0. The van der Waals surface area contributed by atoms with E-state index in [1.54, 1.807) is 18.0 Å². The average molecular weight is 526 g/mol. The summed E-state index contributed by atoms with van der Waals surface area (Å²) < 4.78 is 23.9. The molecule has 0 aliphatic carbocycles. The lowest BCUT2D eigenvalue weighted by Gasteiger charge is -2.24. The first-order valence-corrected chi connectivity index (χ1v) is 13.4. The highest BCUT2D eigenvalue weighted by Crippen LogP contribution is 2.39. The van der Waals surface area contributed by atoms with Crippen molar-refractivity contribution in [1.29, 1.82) is 0 Å². The summed E-state index contributed by atoms with van der Waals surface area (Å²) in [6.07, 6.45) is 6.85. The third-order valence-electron chi connectivity index (χ3n) is 7.21. The first-order chi connectivity index (χ1) is 19.2. The summed E-state index contributed by atoms with van der Waals surface area (Å²) in [4.78, 5) is 20.0. The molecule has 1 fully saturated rings. The quantitative estimate of drug-likeness (QED) is 0.319. The van der Waals surface area contributed by atoms with Crippen molar-refractivity contribution in [3.05, 3.63) is 83.9 Å². The summed E-state index contributed by atoms with van der Waals surface area (Å²) in [6.45, 7) is 4.11. The molecule has 1 atom stereocenters. The van der Waals surface area contributed by atoms with E-state index < -0.39 is 0 Å². The Balaban J connectivity index is 1.33. The van der Waals surface area contributed by atoms with Gasteiger partial charge in [-0.15, -0.1) is 0 Å². The summed E-state index contributed by atoms with van der Waals surface area (Å²) >= 11 is 0. The molecule has 2 aromatic carbocycles. The Labute approximate surface area is 227 Å². The summed E-state index contributed by atoms with van der Waals surface area (Å²) in [7, 11) is 0. The number of aromatic nitrogens is 2. The van der Waals surface area contributed by atoms with Gasteiger partial charge in [0.15, 0.2) is 11.5 Å². The van der Waals surface area contributed by atoms with Crippen molar-refractivity contribution in [3.63, 3.8) is 0 Å². The number of fused-ring (bicyclic) bond motifs is 1. The highest BCUT2D eigenvalue weighted by molar-refractivity contribution is 6.00. The van der Waals surface area contributed by atoms with Gasteiger partial charge >= 0.3 is 0 Å². The van der Waals surface area contributed by atoms with Crippen LogP contribution in [-0.4, -0.2) is 53.4 Å². The average Bonchev–Trinajstić information content (AvgIpc) is 3.24. The summed E-state index contributed by atoms with van der Waals surface area (Å²) in [6, 6.07) is 17.6. The van der Waals surface area contributed by atoms with Crippen LogP contribution in [0.5, 0.6) is 11.5 Å². The van der Waals surface area contributed by atoms with E-state index in [0.29, 0.717) is 54.8 Å². The molecule has 0 N–H and O–H groups in total. The number of carbonyl (C=O) groups excluding carboxylic acids is 1. The molecule has 0 unspecified atom stereocenters. The number of ether oxygens (including phenoxy) is 3. The number of aryl methyl sites for hydroxylation is 1. The minimum atomic E-state index is -0.145. The van der Waals surface area contributed by atoms with Gasteiger partial charge < -0.3 is 23.6 Å². The molecule has 1 saturated heterocycles. The largest absolute Gasteiger partial charge is 0.487 e. The third kappa shape index (κ3) is 5.38. The minimum Gasteiger partial charge on any atom is -0.487 e. The van der Waals surface area contributed by atoms with Gasteiger partial charge in [-0.1, -0.05) is 41.6 Å². The maximum Gasteiger partial charge on any atom is 0.260 e. The maximum absolute atomic E-state index is 13.9. The van der Waals surface area contributed by atoms with Crippen molar-refractivity contribution < 1.29 is 23.5 Å². The molecule has 8 nitrogen and oxygen atoms in total. The molecule has 39 heavy (non-hydrogen) atoms. The van der Waals surface area contributed by atoms with Crippen molar-refractivity contribution in [2.45, 2.75) is 38.8 Å². The molecule has 4 aromatic rings. The number of nitrogens with zero attached hydrogens (tertiary/aromatic N) is 3. The Bertz CT molecular complexity index is 1430. The van der Waals surface area contributed by atoms with E-state index in [1.165, 1.54) is 0 Å². The topological polar surface area (TPSA) is 86.9 Å². The number of benzene rings is 2. The second-order valence-electron chi connectivity index (χ2n) is 9.91. The zero-order chi connectivity index (χ0) is 26.6. The number of amides is 1. The molecule has 0 radical (unpaired) electrons. The lowest BCUT2D eigenvalue weighted by Crippen LogP contribution is -2.33. The second kappa shape index (κ2) is 11.3. The highest BCUT2D eigenvalue weighted by Gasteiger charge is 2.30. The van der Waals surface area contributed by atoms with Gasteiger partial charge in [0.05, 0.1) is 12.6 Å². The van der Waals surface area contributed by atoms with E-state index >= 15 is 0 Å². The molecule has 8 heteroatoms. The van der Waals surface area contributed by atoms with Crippen molar-refractivity contribution >= 4 is 5.91 Å². The van der Waals surface area contributed by atoms with Crippen LogP contribution in [0.15, 0.2) is 71.5 Å². The number of carbonyl (C=O) groups is 1. The standard InChI is InChI=1S/C31H31N3O5/c1-21-28(29(33-39-21)22-8-3-2-4-9-22)31(35)34-13-15-37-30-25(19-34)16-24(23-10-7-12-32-18-23)17-27(30)38-20-26-11-5-6-14-36-26/h2-4,7-10,12,16-18,26H,5-6,11,13-15,19-20H2,1H3/t26-/m0/s1. The Kier molecular flexibility index (Phi) is 7.27. The highest BCUT2D eigenvalue weighted by atomic mass is 16.5. The van der Waals surface area contributed by atoms with Crippen LogP contribution in [0.4, 0.5) is 0 Å². The molecule has 0 saturated carbocycles. The van der Waals surface area contributed by atoms with Gasteiger partial charge in [-0.2, -0.15) is 0 Å². The van der Waals surface area contributed by atoms with Gasteiger partial charge in [0, 0.05) is 42.2 Å². The van der Waals surface area contributed by atoms with Gasteiger partial charge in [-0.25, -0.2) is 0 Å². The van der Waals surface area contributed by atoms with Crippen molar-refractivity contribution in [3.8, 4) is 33.9 Å². The third-order valence-corrected chi connectivity index (χ3v) is 7.21. The molecule has 0 spiro atoms. The lowest BCUT2D eigenvalue weighted by molar-refractivity contribution is -0.0115. The van der Waals surface area contributed by atoms with Crippen molar-refractivity contribution in [2.24, 2.45) is 0 Å². The van der Waals surface area contributed by atoms with Crippen LogP contribution in [-0.2, 0) is 11.3 Å². The number of pyridine rings is 1. The summed E-state index contributed by atoms with van der Waals surface area (Å²) in [5.74, 6) is 1.67. The molecule has 2 aromatic heterocycles. The molecule has 0 bridgehead atoms. The number of rotatable bonds is 6. The molecule has 6 rings (SSSR count). The van der Waals surface area contributed by atoms with E-state index in [1.807, 2.05) is 54.7 Å². The maximum atomic E-state index is 13.9. The van der Waals surface area contributed by atoms with Gasteiger partial charge in [0.1, 0.15) is 30.2 Å². The van der Waals surface area contributed by atoms with Crippen LogP contribution in [0.3, 0.4) is 0 Å². The van der Waals surface area contributed by atoms with Gasteiger partial charge in [-0.05, 0) is 49.9 Å². The normalized spacial score (nSPS) is 17.2. The minimum absolute atomic E-state index is 0.0632. The van der Waals surface area contributed by atoms with Crippen LogP contribution in [0.2, 0.25) is 0 Å². The molecule has 2 aliphatic rings. The fraction of sp³-hybridized carbons (Fsp3) is 0.323. The molecule has 4 heterocycles. The lowest BCUT2D eigenvalue weighted by atomic mass is 10.0. The van der Waals surface area contributed by atoms with Gasteiger partial charge in [-0.3, -0.25) is 9.78 Å². The predicted molar refractivity (Wildman–Crippen MR) is 146 cm³/mol. The van der Waals surface area contributed by atoms with E-state index in [9.17, 15) is 4.79 Å². The fourth-order valence-electron chi connectivity index (χ4n) is 5.16. The number of hydrogen-bond donors (Lipinski definition) is 0. The molecule has 1 amide bonds. The molecular weight excluding hydrogens is 494 g/mol. The molecule has 2 aliphatic heterocycles. The van der Waals surface area contributed by atoms with Crippen LogP contribution in [0.25, 0.3) is 22.4 Å². The van der Waals surface area contributed by atoms with E-state index in [4.69, 9.17) is 18.7 Å². The van der Waals surface area contributed by atoms with E-state index in [2.05, 4.69) is 16.2 Å². The van der Waals surface area contributed by atoms with Gasteiger partial charge in [0.25, 0.3) is 5.91 Å². The molecule has 200 valence electrons. The number of hydrogen-bond acceptors (Lipinski definition) is 7. The smallest absolute Gasteiger partial charge is 0.260 e. The van der Waals surface area contributed by atoms with Crippen LogP contribution >= 0.6 is 0 Å². The Hall–Kier alpha value is -4.17.